The normalized spacial score (nSPS) is 12.8. The van der Waals surface area contributed by atoms with Crippen LogP contribution in [0.25, 0.3) is 0 Å². The lowest BCUT2D eigenvalue weighted by Crippen LogP contribution is -2.22. The molecule has 0 aliphatic carbocycles. The minimum Gasteiger partial charge on any atom is -0.327 e. The van der Waals surface area contributed by atoms with E-state index in [2.05, 4.69) is 39.0 Å². The highest BCUT2D eigenvalue weighted by Gasteiger charge is 2.04. The molecule has 1 heteroatoms. The first-order valence-corrected chi connectivity index (χ1v) is 5.94. The third kappa shape index (κ3) is 4.48. The Balaban J connectivity index is 2.56. The summed E-state index contributed by atoms with van der Waals surface area (Å²) in [7, 11) is 0. The van der Waals surface area contributed by atoms with Crippen LogP contribution in [0.3, 0.4) is 0 Å². The molecular weight excluding hydrogens is 182 g/mol. The summed E-state index contributed by atoms with van der Waals surface area (Å²) >= 11 is 0. The van der Waals surface area contributed by atoms with E-state index in [9.17, 15) is 0 Å². The molecule has 0 aliphatic heterocycles. The Kier molecular flexibility index (Phi) is 4.83. The van der Waals surface area contributed by atoms with Gasteiger partial charge in [0.15, 0.2) is 0 Å². The fourth-order valence-corrected chi connectivity index (χ4v) is 2.06. The molecule has 15 heavy (non-hydrogen) atoms. The Morgan fingerprint density at radius 2 is 1.73 bits per heavy atom. The van der Waals surface area contributed by atoms with Gasteiger partial charge in [-0.3, -0.25) is 0 Å². The van der Waals surface area contributed by atoms with Crippen molar-refractivity contribution in [2.45, 2.75) is 52.5 Å². The van der Waals surface area contributed by atoms with Crippen molar-refractivity contribution in [3.05, 3.63) is 34.9 Å². The molecule has 0 bridgehead atoms. The minimum atomic E-state index is 0.325. The van der Waals surface area contributed by atoms with Crippen LogP contribution in [-0.4, -0.2) is 6.04 Å². The Bertz CT molecular complexity index is 284. The molecule has 1 nitrogen and oxygen atoms in total. The van der Waals surface area contributed by atoms with Gasteiger partial charge in [0, 0.05) is 6.04 Å². The first kappa shape index (κ1) is 12.3. The quantitative estimate of drug-likeness (QED) is 0.783. The number of hydrogen-bond donors (Lipinski definition) is 1. The summed E-state index contributed by atoms with van der Waals surface area (Å²) in [4.78, 5) is 0. The van der Waals surface area contributed by atoms with Crippen molar-refractivity contribution in [2.75, 3.05) is 0 Å². The van der Waals surface area contributed by atoms with Crippen molar-refractivity contribution >= 4 is 0 Å². The van der Waals surface area contributed by atoms with Gasteiger partial charge in [0.25, 0.3) is 0 Å². The van der Waals surface area contributed by atoms with Crippen LogP contribution in [0, 0.1) is 13.8 Å². The van der Waals surface area contributed by atoms with Crippen LogP contribution < -0.4 is 5.73 Å². The second-order valence-corrected chi connectivity index (χ2v) is 4.60. The van der Waals surface area contributed by atoms with Gasteiger partial charge in [-0.25, -0.2) is 0 Å². The van der Waals surface area contributed by atoms with Crippen LogP contribution in [0.1, 0.15) is 42.9 Å². The van der Waals surface area contributed by atoms with Crippen molar-refractivity contribution < 1.29 is 0 Å². The van der Waals surface area contributed by atoms with Crippen molar-refractivity contribution in [2.24, 2.45) is 5.73 Å². The van der Waals surface area contributed by atoms with Gasteiger partial charge < -0.3 is 5.73 Å². The van der Waals surface area contributed by atoms with Crippen molar-refractivity contribution in [3.8, 4) is 0 Å². The van der Waals surface area contributed by atoms with E-state index in [1.54, 1.807) is 0 Å². The molecule has 0 saturated carbocycles. The first-order chi connectivity index (χ1) is 7.11. The third-order valence-corrected chi connectivity index (χ3v) is 2.71. The fraction of sp³-hybridized carbons (Fsp3) is 0.571. The smallest absolute Gasteiger partial charge is 0.00793 e. The summed E-state index contributed by atoms with van der Waals surface area (Å²) in [5.74, 6) is 0. The Morgan fingerprint density at radius 1 is 1.13 bits per heavy atom. The lowest BCUT2D eigenvalue weighted by atomic mass is 9.99. The number of nitrogens with two attached hydrogens (primary N) is 1. The van der Waals surface area contributed by atoms with Gasteiger partial charge in [0.1, 0.15) is 0 Å². The lowest BCUT2D eigenvalue weighted by molar-refractivity contribution is 0.573. The fourth-order valence-electron chi connectivity index (χ4n) is 2.06. The highest BCUT2D eigenvalue weighted by molar-refractivity contribution is 5.29. The van der Waals surface area contributed by atoms with Gasteiger partial charge in [-0.15, -0.1) is 0 Å². The molecule has 0 fully saturated rings. The predicted molar refractivity (Wildman–Crippen MR) is 67.1 cm³/mol. The maximum atomic E-state index is 6.09. The van der Waals surface area contributed by atoms with E-state index in [0.29, 0.717) is 6.04 Å². The molecule has 1 atom stereocenters. The topological polar surface area (TPSA) is 26.0 Å². The maximum absolute atomic E-state index is 6.09. The van der Waals surface area contributed by atoms with Crippen LogP contribution in [-0.2, 0) is 6.42 Å². The summed E-state index contributed by atoms with van der Waals surface area (Å²) in [6, 6.07) is 7.03. The zero-order valence-electron chi connectivity index (χ0n) is 10.2. The van der Waals surface area contributed by atoms with E-state index in [4.69, 9.17) is 5.73 Å². The van der Waals surface area contributed by atoms with Crippen LogP contribution >= 0.6 is 0 Å². The zero-order valence-corrected chi connectivity index (χ0v) is 10.2. The molecule has 1 aromatic carbocycles. The second kappa shape index (κ2) is 5.92. The summed E-state index contributed by atoms with van der Waals surface area (Å²) in [6.07, 6.45) is 4.64. The zero-order chi connectivity index (χ0) is 11.3. The molecule has 0 amide bonds. The minimum absolute atomic E-state index is 0.325. The van der Waals surface area contributed by atoms with Crippen molar-refractivity contribution in [1.82, 2.24) is 0 Å². The Labute approximate surface area is 93.7 Å². The highest BCUT2D eigenvalue weighted by Crippen LogP contribution is 2.12. The standard InChI is InChI=1S/C14H23N/c1-4-5-6-14(15)10-13-8-11(2)7-12(3)9-13/h7-9,14H,4-6,10,15H2,1-3H3. The van der Waals surface area contributed by atoms with E-state index < -0.39 is 0 Å². The van der Waals surface area contributed by atoms with Crippen LogP contribution in [0.2, 0.25) is 0 Å². The Morgan fingerprint density at radius 3 is 2.27 bits per heavy atom. The van der Waals surface area contributed by atoms with Crippen LogP contribution in [0.15, 0.2) is 18.2 Å². The lowest BCUT2D eigenvalue weighted by Gasteiger charge is -2.12. The van der Waals surface area contributed by atoms with E-state index in [1.807, 2.05) is 0 Å². The largest absolute Gasteiger partial charge is 0.327 e. The molecule has 0 spiro atoms. The molecule has 1 aromatic rings. The van der Waals surface area contributed by atoms with E-state index in [1.165, 1.54) is 29.5 Å². The number of benzene rings is 1. The number of unbranched alkanes of at least 4 members (excludes halogenated alkanes) is 1. The van der Waals surface area contributed by atoms with Gasteiger partial charge in [-0.2, -0.15) is 0 Å². The summed E-state index contributed by atoms with van der Waals surface area (Å²) < 4.78 is 0. The van der Waals surface area contributed by atoms with Gasteiger partial charge in [-0.05, 0) is 32.3 Å². The van der Waals surface area contributed by atoms with E-state index >= 15 is 0 Å². The van der Waals surface area contributed by atoms with Crippen molar-refractivity contribution in [1.29, 1.82) is 0 Å². The molecule has 0 radical (unpaired) electrons. The van der Waals surface area contributed by atoms with Gasteiger partial charge in [-0.1, -0.05) is 49.1 Å². The first-order valence-electron chi connectivity index (χ1n) is 5.94. The van der Waals surface area contributed by atoms with Crippen molar-refractivity contribution in [3.63, 3.8) is 0 Å². The number of hydrogen-bond acceptors (Lipinski definition) is 1. The monoisotopic (exact) mass is 205 g/mol. The van der Waals surface area contributed by atoms with Gasteiger partial charge in [0.2, 0.25) is 0 Å². The summed E-state index contributed by atoms with van der Waals surface area (Å²) in [5, 5.41) is 0. The number of aryl methyl sites for hydroxylation is 2. The number of rotatable bonds is 5. The summed E-state index contributed by atoms with van der Waals surface area (Å²) in [6.45, 7) is 6.51. The average molecular weight is 205 g/mol. The molecule has 0 aromatic heterocycles. The second-order valence-electron chi connectivity index (χ2n) is 4.60. The molecule has 2 N–H and O–H groups in total. The predicted octanol–water partition coefficient (Wildman–Crippen LogP) is 3.36. The SMILES string of the molecule is CCCCC(N)Cc1cc(C)cc(C)c1. The summed E-state index contributed by atoms with van der Waals surface area (Å²) in [5.41, 5.74) is 10.2. The molecule has 0 saturated heterocycles. The third-order valence-electron chi connectivity index (χ3n) is 2.71. The Hall–Kier alpha value is -0.820. The molecule has 84 valence electrons. The molecule has 1 rings (SSSR count). The average Bonchev–Trinajstić information content (AvgIpc) is 2.13. The van der Waals surface area contributed by atoms with E-state index in [0.717, 1.165) is 12.8 Å². The highest BCUT2D eigenvalue weighted by atomic mass is 14.6. The van der Waals surface area contributed by atoms with Gasteiger partial charge in [0.05, 0.1) is 0 Å². The molecule has 1 unspecified atom stereocenters. The molecule has 0 heterocycles. The molecule has 0 aliphatic rings. The van der Waals surface area contributed by atoms with E-state index in [-0.39, 0.29) is 0 Å². The van der Waals surface area contributed by atoms with Gasteiger partial charge >= 0.3 is 0 Å². The van der Waals surface area contributed by atoms with Crippen LogP contribution in [0.4, 0.5) is 0 Å². The molecular formula is C14H23N. The van der Waals surface area contributed by atoms with Crippen LogP contribution in [0.5, 0.6) is 0 Å². The maximum Gasteiger partial charge on any atom is 0.00793 e.